The summed E-state index contributed by atoms with van der Waals surface area (Å²) in [5.41, 5.74) is 5.44. The van der Waals surface area contributed by atoms with Gasteiger partial charge in [0.1, 0.15) is 0 Å². The molecule has 0 heterocycles. The van der Waals surface area contributed by atoms with Crippen molar-refractivity contribution in [2.45, 2.75) is 32.7 Å². The lowest BCUT2D eigenvalue weighted by molar-refractivity contribution is -0.122. The minimum atomic E-state index is -0.224. The second kappa shape index (κ2) is 10.4. The Morgan fingerprint density at radius 2 is 1.43 bits per heavy atom. The summed E-state index contributed by atoms with van der Waals surface area (Å²) < 4.78 is 0. The summed E-state index contributed by atoms with van der Waals surface area (Å²) in [4.78, 5) is 24.7. The smallest absolute Gasteiger partial charge is 0.224 e. The monoisotopic (exact) mass is 400 g/mol. The van der Waals surface area contributed by atoms with E-state index in [1.54, 1.807) is 0 Å². The Balaban J connectivity index is 1.59. The Bertz CT molecular complexity index is 984. The Morgan fingerprint density at radius 3 is 2.10 bits per heavy atom. The summed E-state index contributed by atoms with van der Waals surface area (Å²) in [7, 11) is 0. The van der Waals surface area contributed by atoms with Gasteiger partial charge in [-0.15, -0.1) is 0 Å². The van der Waals surface area contributed by atoms with Gasteiger partial charge in [0.05, 0.1) is 12.5 Å². The number of hydrogen-bond acceptors (Lipinski definition) is 2. The number of hydrogen-bond donors (Lipinski definition) is 2. The van der Waals surface area contributed by atoms with Crippen molar-refractivity contribution >= 4 is 11.8 Å². The fraction of sp³-hybridized carbons (Fsp3) is 0.231. The quantitative estimate of drug-likeness (QED) is 0.594. The zero-order chi connectivity index (χ0) is 21.3. The second-order valence-corrected chi connectivity index (χ2v) is 7.52. The van der Waals surface area contributed by atoms with Gasteiger partial charge in [0, 0.05) is 13.0 Å². The zero-order valence-corrected chi connectivity index (χ0v) is 17.5. The van der Waals surface area contributed by atoms with Gasteiger partial charge in [0.15, 0.2) is 0 Å². The zero-order valence-electron chi connectivity index (χ0n) is 17.5. The van der Waals surface area contributed by atoms with Crippen molar-refractivity contribution in [3.63, 3.8) is 0 Å². The molecule has 0 fully saturated rings. The van der Waals surface area contributed by atoms with Crippen molar-refractivity contribution in [3.8, 4) is 0 Å². The van der Waals surface area contributed by atoms with E-state index >= 15 is 0 Å². The predicted molar refractivity (Wildman–Crippen MR) is 120 cm³/mol. The molecular formula is C26H28N2O2. The van der Waals surface area contributed by atoms with Crippen LogP contribution >= 0.6 is 0 Å². The summed E-state index contributed by atoms with van der Waals surface area (Å²) in [5.74, 6) is -0.176. The molecular weight excluding hydrogens is 372 g/mol. The fourth-order valence-electron chi connectivity index (χ4n) is 3.34. The van der Waals surface area contributed by atoms with Crippen molar-refractivity contribution < 1.29 is 9.59 Å². The minimum absolute atomic E-state index is 0.0808. The van der Waals surface area contributed by atoms with Gasteiger partial charge in [-0.05, 0) is 41.7 Å². The molecule has 4 heteroatoms. The summed E-state index contributed by atoms with van der Waals surface area (Å²) in [6.07, 6.45) is 0.548. The molecule has 0 spiro atoms. The molecule has 0 aliphatic rings. The van der Waals surface area contributed by atoms with Crippen molar-refractivity contribution in [2.24, 2.45) is 0 Å². The van der Waals surface area contributed by atoms with Crippen LogP contribution in [0.5, 0.6) is 0 Å². The Hall–Kier alpha value is -3.40. The van der Waals surface area contributed by atoms with E-state index in [9.17, 15) is 9.59 Å². The minimum Gasteiger partial charge on any atom is -0.355 e. The van der Waals surface area contributed by atoms with E-state index in [4.69, 9.17) is 0 Å². The van der Waals surface area contributed by atoms with Crippen LogP contribution in [0, 0.1) is 13.8 Å². The van der Waals surface area contributed by atoms with Crippen molar-refractivity contribution in [1.82, 2.24) is 10.6 Å². The summed E-state index contributed by atoms with van der Waals surface area (Å²) in [6.45, 7) is 4.46. The number of rotatable bonds is 8. The van der Waals surface area contributed by atoms with Crippen LogP contribution in [-0.4, -0.2) is 18.4 Å². The normalized spacial score (nSPS) is 11.5. The van der Waals surface area contributed by atoms with E-state index in [1.807, 2.05) is 60.7 Å². The first-order valence-electron chi connectivity index (χ1n) is 10.2. The molecule has 0 bridgehead atoms. The van der Waals surface area contributed by atoms with Gasteiger partial charge in [0.2, 0.25) is 11.8 Å². The fourth-order valence-corrected chi connectivity index (χ4v) is 3.34. The van der Waals surface area contributed by atoms with Crippen molar-refractivity contribution in [3.05, 3.63) is 107 Å². The average molecular weight is 401 g/mol. The SMILES string of the molecule is Cc1ccc(C(NC(=O)CCNC(=O)Cc2ccccc2)c2ccccc2)cc1C. The van der Waals surface area contributed by atoms with Gasteiger partial charge >= 0.3 is 0 Å². The van der Waals surface area contributed by atoms with E-state index in [2.05, 4.69) is 42.7 Å². The average Bonchev–Trinajstić information content (AvgIpc) is 2.75. The van der Waals surface area contributed by atoms with Crippen LogP contribution in [0.2, 0.25) is 0 Å². The summed E-state index contributed by atoms with van der Waals surface area (Å²) in [6, 6.07) is 25.5. The predicted octanol–water partition coefficient (Wildman–Crippen LogP) is 4.26. The maximum absolute atomic E-state index is 12.6. The molecule has 2 amide bonds. The highest BCUT2D eigenvalue weighted by Crippen LogP contribution is 2.24. The molecule has 0 aliphatic carbocycles. The molecule has 1 atom stereocenters. The molecule has 0 saturated heterocycles. The molecule has 2 N–H and O–H groups in total. The Morgan fingerprint density at radius 1 is 0.767 bits per heavy atom. The standard InChI is InChI=1S/C26H28N2O2/c1-19-13-14-23(17-20(19)2)26(22-11-7-4-8-12-22)28-24(29)15-16-27-25(30)18-21-9-5-3-6-10-21/h3-14,17,26H,15-16,18H2,1-2H3,(H,27,30)(H,28,29). The lowest BCUT2D eigenvalue weighted by atomic mass is 9.95. The molecule has 0 aliphatic heterocycles. The van der Waals surface area contributed by atoms with Gasteiger partial charge in [0.25, 0.3) is 0 Å². The number of benzene rings is 3. The maximum atomic E-state index is 12.6. The molecule has 3 aromatic rings. The molecule has 3 rings (SSSR count). The van der Waals surface area contributed by atoms with E-state index in [0.717, 1.165) is 16.7 Å². The van der Waals surface area contributed by atoms with Gasteiger partial charge < -0.3 is 10.6 Å². The van der Waals surface area contributed by atoms with Crippen LogP contribution in [0.15, 0.2) is 78.9 Å². The first kappa shape index (κ1) is 21.3. The molecule has 1 unspecified atom stereocenters. The topological polar surface area (TPSA) is 58.2 Å². The van der Waals surface area contributed by atoms with Crippen LogP contribution in [0.3, 0.4) is 0 Å². The number of aryl methyl sites for hydroxylation is 2. The molecule has 0 radical (unpaired) electrons. The number of carbonyl (C=O) groups excluding carboxylic acids is 2. The van der Waals surface area contributed by atoms with Crippen LogP contribution in [0.1, 0.15) is 40.3 Å². The number of nitrogens with one attached hydrogen (secondary N) is 2. The van der Waals surface area contributed by atoms with Crippen molar-refractivity contribution in [2.75, 3.05) is 6.54 Å². The Kier molecular flexibility index (Phi) is 7.39. The molecule has 0 aromatic heterocycles. The first-order chi connectivity index (χ1) is 14.5. The second-order valence-electron chi connectivity index (χ2n) is 7.52. The highest BCUT2D eigenvalue weighted by atomic mass is 16.2. The van der Waals surface area contributed by atoms with E-state index in [1.165, 1.54) is 11.1 Å². The molecule has 3 aromatic carbocycles. The van der Waals surface area contributed by atoms with Gasteiger partial charge in [-0.1, -0.05) is 78.9 Å². The third-order valence-electron chi connectivity index (χ3n) is 5.18. The van der Waals surface area contributed by atoms with Crippen LogP contribution in [0.25, 0.3) is 0 Å². The first-order valence-corrected chi connectivity index (χ1v) is 10.2. The van der Waals surface area contributed by atoms with E-state index in [0.29, 0.717) is 13.0 Å². The lowest BCUT2D eigenvalue weighted by Gasteiger charge is -2.21. The maximum Gasteiger partial charge on any atom is 0.224 e. The molecule has 4 nitrogen and oxygen atoms in total. The van der Waals surface area contributed by atoms with Crippen LogP contribution < -0.4 is 10.6 Å². The van der Waals surface area contributed by atoms with Gasteiger partial charge in [-0.25, -0.2) is 0 Å². The number of amides is 2. The highest BCUT2D eigenvalue weighted by Gasteiger charge is 2.17. The van der Waals surface area contributed by atoms with Crippen LogP contribution in [-0.2, 0) is 16.0 Å². The molecule has 0 saturated carbocycles. The highest BCUT2D eigenvalue weighted by molar-refractivity contribution is 5.80. The van der Waals surface area contributed by atoms with Crippen LogP contribution in [0.4, 0.5) is 0 Å². The summed E-state index contributed by atoms with van der Waals surface area (Å²) >= 11 is 0. The van der Waals surface area contributed by atoms with Gasteiger partial charge in [-0.3, -0.25) is 9.59 Å². The van der Waals surface area contributed by atoms with E-state index in [-0.39, 0.29) is 24.3 Å². The van der Waals surface area contributed by atoms with Gasteiger partial charge in [-0.2, -0.15) is 0 Å². The molecule has 154 valence electrons. The third kappa shape index (κ3) is 6.05. The van der Waals surface area contributed by atoms with E-state index < -0.39 is 0 Å². The van der Waals surface area contributed by atoms with Crippen molar-refractivity contribution in [1.29, 1.82) is 0 Å². The Labute approximate surface area is 178 Å². The summed E-state index contributed by atoms with van der Waals surface area (Å²) in [5, 5.41) is 5.96. The third-order valence-corrected chi connectivity index (χ3v) is 5.18. The number of carbonyl (C=O) groups is 2. The largest absolute Gasteiger partial charge is 0.355 e. The lowest BCUT2D eigenvalue weighted by Crippen LogP contribution is -2.33. The molecule has 30 heavy (non-hydrogen) atoms.